The Morgan fingerprint density at radius 1 is 1.28 bits per heavy atom. The second kappa shape index (κ2) is 7.42. The van der Waals surface area contributed by atoms with Crippen LogP contribution < -0.4 is 10.9 Å². The number of nitrogens with zero attached hydrogens (tertiary/aromatic N) is 2. The molecule has 2 aromatic heterocycles. The van der Waals surface area contributed by atoms with Gasteiger partial charge in [0, 0.05) is 37.6 Å². The van der Waals surface area contributed by atoms with E-state index in [0.717, 1.165) is 18.4 Å². The van der Waals surface area contributed by atoms with Crippen molar-refractivity contribution in [2.24, 2.45) is 5.92 Å². The third kappa shape index (κ3) is 3.84. The Labute approximate surface area is 145 Å². The molecule has 1 N–H and O–H groups in total. The fourth-order valence-corrected chi connectivity index (χ4v) is 2.96. The van der Waals surface area contributed by atoms with Gasteiger partial charge in [-0.1, -0.05) is 19.3 Å². The molecule has 0 aromatic carbocycles. The maximum absolute atomic E-state index is 12.6. The van der Waals surface area contributed by atoms with Crippen LogP contribution in [0.25, 0.3) is 0 Å². The van der Waals surface area contributed by atoms with Crippen LogP contribution in [0.5, 0.6) is 0 Å². The molecule has 0 saturated heterocycles. The number of Topliss-reactive ketones (excluding diaryl/α,β-unsaturated/α-hetero) is 1. The van der Waals surface area contributed by atoms with E-state index < -0.39 is 11.5 Å². The lowest BCUT2D eigenvalue weighted by molar-refractivity contribution is 0.0935. The highest BCUT2D eigenvalue weighted by Crippen LogP contribution is 2.30. The van der Waals surface area contributed by atoms with Gasteiger partial charge in [-0.25, -0.2) is 0 Å². The number of hydrogen-bond acceptors (Lipinski definition) is 4. The topological polar surface area (TPSA) is 81.1 Å². The van der Waals surface area contributed by atoms with E-state index in [-0.39, 0.29) is 17.9 Å². The van der Waals surface area contributed by atoms with E-state index in [2.05, 4.69) is 10.3 Å². The molecule has 0 spiro atoms. The van der Waals surface area contributed by atoms with Gasteiger partial charge in [0.15, 0.2) is 5.78 Å². The molecule has 2 aromatic rings. The molecule has 2 heterocycles. The Kier molecular flexibility index (Phi) is 5.07. The molecule has 6 nitrogen and oxygen atoms in total. The van der Waals surface area contributed by atoms with Gasteiger partial charge in [0.2, 0.25) is 0 Å². The number of pyridine rings is 2. The van der Waals surface area contributed by atoms with E-state index in [9.17, 15) is 14.4 Å². The van der Waals surface area contributed by atoms with E-state index in [4.69, 9.17) is 0 Å². The maximum Gasteiger partial charge on any atom is 0.263 e. The molecule has 0 radical (unpaired) electrons. The van der Waals surface area contributed by atoms with E-state index in [1.807, 2.05) is 0 Å². The molecule has 3 rings (SSSR count). The van der Waals surface area contributed by atoms with Gasteiger partial charge in [-0.15, -0.1) is 0 Å². The Balaban J connectivity index is 1.97. The fourth-order valence-electron chi connectivity index (χ4n) is 2.96. The zero-order chi connectivity index (χ0) is 17.8. The molecule has 6 heteroatoms. The van der Waals surface area contributed by atoms with Gasteiger partial charge in [0.25, 0.3) is 11.5 Å². The molecule has 1 aliphatic carbocycles. The van der Waals surface area contributed by atoms with Gasteiger partial charge in [0.1, 0.15) is 5.56 Å². The summed E-state index contributed by atoms with van der Waals surface area (Å²) in [5.74, 6) is -0.0679. The maximum atomic E-state index is 12.6. The van der Waals surface area contributed by atoms with E-state index in [1.54, 1.807) is 30.7 Å². The first kappa shape index (κ1) is 17.1. The predicted molar refractivity (Wildman–Crippen MR) is 93.7 cm³/mol. The van der Waals surface area contributed by atoms with E-state index in [0.29, 0.717) is 17.9 Å². The average Bonchev–Trinajstić information content (AvgIpc) is 2.60. The molecule has 1 fully saturated rings. The summed E-state index contributed by atoms with van der Waals surface area (Å²) in [4.78, 5) is 41.2. The van der Waals surface area contributed by atoms with Gasteiger partial charge < -0.3 is 9.88 Å². The zero-order valence-corrected chi connectivity index (χ0v) is 14.2. The Morgan fingerprint density at radius 2 is 2.00 bits per heavy atom. The summed E-state index contributed by atoms with van der Waals surface area (Å²) in [6.45, 7) is 0.288. The lowest BCUT2D eigenvalue weighted by Crippen LogP contribution is -2.32. The summed E-state index contributed by atoms with van der Waals surface area (Å²) in [6, 6.07) is 5.02. The molecule has 1 saturated carbocycles. The molecule has 0 atom stereocenters. The largest absolute Gasteiger partial charge is 0.355 e. The predicted octanol–water partition coefficient (Wildman–Crippen LogP) is 2.02. The zero-order valence-electron chi connectivity index (χ0n) is 14.2. The van der Waals surface area contributed by atoms with Crippen LogP contribution in [0.15, 0.2) is 41.6 Å². The summed E-state index contributed by atoms with van der Waals surface area (Å²) >= 11 is 0. The normalized spacial score (nSPS) is 14.0. The minimum Gasteiger partial charge on any atom is -0.355 e. The minimum atomic E-state index is -0.480. The quantitative estimate of drug-likeness (QED) is 0.817. The van der Waals surface area contributed by atoms with Gasteiger partial charge in [-0.3, -0.25) is 19.4 Å². The van der Waals surface area contributed by atoms with Crippen molar-refractivity contribution in [1.29, 1.82) is 0 Å². The smallest absolute Gasteiger partial charge is 0.263 e. The highest BCUT2D eigenvalue weighted by molar-refractivity contribution is 6.00. The molecule has 1 aliphatic rings. The Morgan fingerprint density at radius 3 is 2.60 bits per heavy atom. The lowest BCUT2D eigenvalue weighted by atomic mass is 9.81. The number of rotatable bonds is 6. The van der Waals surface area contributed by atoms with Gasteiger partial charge in [0.05, 0.1) is 6.54 Å². The Hall–Kier alpha value is -2.76. The van der Waals surface area contributed by atoms with Crippen molar-refractivity contribution in [3.8, 4) is 0 Å². The molecule has 0 aliphatic heterocycles. The van der Waals surface area contributed by atoms with Crippen LogP contribution in [0.2, 0.25) is 0 Å². The van der Waals surface area contributed by atoms with Crippen LogP contribution >= 0.6 is 0 Å². The van der Waals surface area contributed by atoms with Gasteiger partial charge in [-0.05, 0) is 29.7 Å². The third-order valence-corrected chi connectivity index (χ3v) is 4.68. The van der Waals surface area contributed by atoms with Crippen molar-refractivity contribution in [3.05, 3.63) is 63.8 Å². The number of carbonyl (C=O) groups excluding carboxylic acids is 2. The molecular weight excluding hydrogens is 318 g/mol. The van der Waals surface area contributed by atoms with Crippen LogP contribution in [0.3, 0.4) is 0 Å². The van der Waals surface area contributed by atoms with Crippen LogP contribution in [0, 0.1) is 5.92 Å². The fraction of sp³-hybridized carbons (Fsp3) is 0.368. The third-order valence-electron chi connectivity index (χ3n) is 4.68. The van der Waals surface area contributed by atoms with Gasteiger partial charge >= 0.3 is 0 Å². The second-order valence-electron chi connectivity index (χ2n) is 6.43. The van der Waals surface area contributed by atoms with Crippen molar-refractivity contribution < 1.29 is 9.59 Å². The van der Waals surface area contributed by atoms with Crippen molar-refractivity contribution in [2.75, 3.05) is 7.05 Å². The van der Waals surface area contributed by atoms with Crippen LogP contribution in [0.4, 0.5) is 0 Å². The van der Waals surface area contributed by atoms with Crippen molar-refractivity contribution in [2.45, 2.75) is 32.2 Å². The summed E-state index contributed by atoms with van der Waals surface area (Å²) < 4.78 is 1.42. The second-order valence-corrected chi connectivity index (χ2v) is 6.43. The Bertz CT molecular complexity index is 839. The SMILES string of the molecule is CNC(=O)c1cc(C(=O)CC2CCC2)cn(Cc2ccncc2)c1=O. The summed E-state index contributed by atoms with van der Waals surface area (Å²) in [6.07, 6.45) is 8.65. The number of nitrogens with one attached hydrogen (secondary N) is 1. The summed E-state index contributed by atoms with van der Waals surface area (Å²) in [5, 5.41) is 2.47. The average molecular weight is 339 g/mol. The number of carbonyl (C=O) groups is 2. The minimum absolute atomic E-state index is 0.00369. The molecule has 0 unspecified atom stereocenters. The van der Waals surface area contributed by atoms with Crippen LogP contribution in [-0.4, -0.2) is 28.3 Å². The number of ketones is 1. The first-order valence-corrected chi connectivity index (χ1v) is 8.47. The van der Waals surface area contributed by atoms with Crippen molar-refractivity contribution in [1.82, 2.24) is 14.9 Å². The number of aromatic nitrogens is 2. The first-order chi connectivity index (χ1) is 12.1. The molecule has 130 valence electrons. The number of hydrogen-bond donors (Lipinski definition) is 1. The standard InChI is InChI=1S/C19H21N3O3/c1-20-18(24)16-10-15(17(23)9-13-3-2-4-13)12-22(19(16)25)11-14-5-7-21-8-6-14/h5-8,10,12-13H,2-4,9,11H2,1H3,(H,20,24). The molecule has 25 heavy (non-hydrogen) atoms. The molecular formula is C19H21N3O3. The van der Waals surface area contributed by atoms with Crippen molar-refractivity contribution in [3.63, 3.8) is 0 Å². The lowest BCUT2D eigenvalue weighted by Gasteiger charge is -2.24. The highest BCUT2D eigenvalue weighted by Gasteiger charge is 2.23. The van der Waals surface area contributed by atoms with Gasteiger partial charge in [-0.2, -0.15) is 0 Å². The summed E-state index contributed by atoms with van der Waals surface area (Å²) in [5.41, 5.74) is 0.884. The summed E-state index contributed by atoms with van der Waals surface area (Å²) in [7, 11) is 1.47. The van der Waals surface area contributed by atoms with Crippen LogP contribution in [-0.2, 0) is 6.54 Å². The molecule has 0 bridgehead atoms. The van der Waals surface area contributed by atoms with E-state index in [1.165, 1.54) is 24.1 Å². The number of amides is 1. The monoisotopic (exact) mass is 339 g/mol. The van der Waals surface area contributed by atoms with Crippen LogP contribution in [0.1, 0.15) is 52.0 Å². The van der Waals surface area contributed by atoms with Crippen molar-refractivity contribution >= 4 is 11.7 Å². The highest BCUT2D eigenvalue weighted by atomic mass is 16.2. The van der Waals surface area contributed by atoms with E-state index >= 15 is 0 Å². The molecule has 1 amide bonds. The first-order valence-electron chi connectivity index (χ1n) is 8.47.